The van der Waals surface area contributed by atoms with Gasteiger partial charge in [-0.15, -0.1) is 0 Å². The van der Waals surface area contributed by atoms with Gasteiger partial charge in [0.1, 0.15) is 18.0 Å². The quantitative estimate of drug-likeness (QED) is 0.366. The van der Waals surface area contributed by atoms with E-state index in [-0.39, 0.29) is 10.6 Å². The maximum absolute atomic E-state index is 13.2. The van der Waals surface area contributed by atoms with Crippen LogP contribution in [0.5, 0.6) is 11.5 Å². The first-order valence-corrected chi connectivity index (χ1v) is 11.5. The first-order chi connectivity index (χ1) is 15.8. The maximum atomic E-state index is 13.2. The number of amides is 1. The molecule has 0 saturated carbocycles. The topological polar surface area (TPSA) is 97.3 Å². The van der Waals surface area contributed by atoms with Crippen LogP contribution in [0.2, 0.25) is 5.02 Å². The van der Waals surface area contributed by atoms with E-state index >= 15 is 0 Å². The van der Waals surface area contributed by atoms with Crippen LogP contribution in [0, 0.1) is 0 Å². The van der Waals surface area contributed by atoms with E-state index in [0.717, 1.165) is 4.31 Å². The zero-order valence-corrected chi connectivity index (χ0v) is 19.5. The summed E-state index contributed by atoms with van der Waals surface area (Å²) in [6.07, 6.45) is 1.39. The molecule has 0 aromatic heterocycles. The Morgan fingerprint density at radius 2 is 1.73 bits per heavy atom. The SMILES string of the molecule is COc1ccc(OC)c(/C=N\NC(=O)CN(c2ccc(Cl)cc2)S(=O)(=O)c2ccccc2)c1. The minimum Gasteiger partial charge on any atom is -0.497 e. The highest BCUT2D eigenvalue weighted by atomic mass is 35.5. The number of rotatable bonds is 9. The minimum atomic E-state index is -4.02. The third kappa shape index (κ3) is 6.03. The minimum absolute atomic E-state index is 0.0531. The number of nitrogens with zero attached hydrogens (tertiary/aromatic N) is 2. The average molecular weight is 488 g/mol. The molecule has 3 aromatic carbocycles. The predicted octanol–water partition coefficient (Wildman–Crippen LogP) is 3.70. The summed E-state index contributed by atoms with van der Waals surface area (Å²) >= 11 is 5.94. The van der Waals surface area contributed by atoms with Crippen molar-refractivity contribution in [1.82, 2.24) is 5.43 Å². The van der Waals surface area contributed by atoms with Crippen LogP contribution in [0.1, 0.15) is 5.56 Å². The van der Waals surface area contributed by atoms with Gasteiger partial charge in [-0.2, -0.15) is 5.10 Å². The zero-order valence-electron chi connectivity index (χ0n) is 17.9. The molecule has 0 unspecified atom stereocenters. The van der Waals surface area contributed by atoms with Crippen molar-refractivity contribution >= 4 is 39.4 Å². The number of anilines is 1. The molecule has 0 aliphatic rings. The summed E-state index contributed by atoms with van der Waals surface area (Å²) in [5.41, 5.74) is 3.22. The van der Waals surface area contributed by atoms with Crippen LogP contribution in [-0.2, 0) is 14.8 Å². The van der Waals surface area contributed by atoms with Crippen molar-refractivity contribution in [2.24, 2.45) is 5.10 Å². The van der Waals surface area contributed by atoms with Gasteiger partial charge >= 0.3 is 0 Å². The largest absolute Gasteiger partial charge is 0.497 e. The third-order valence-corrected chi connectivity index (χ3v) is 6.60. The second-order valence-corrected chi connectivity index (χ2v) is 9.00. The van der Waals surface area contributed by atoms with Gasteiger partial charge in [0.05, 0.1) is 31.0 Å². The molecule has 0 atom stereocenters. The van der Waals surface area contributed by atoms with Crippen molar-refractivity contribution < 1.29 is 22.7 Å². The van der Waals surface area contributed by atoms with Gasteiger partial charge in [-0.25, -0.2) is 13.8 Å². The maximum Gasteiger partial charge on any atom is 0.264 e. The summed E-state index contributed by atoms with van der Waals surface area (Å²) in [6, 6.07) is 19.1. The summed E-state index contributed by atoms with van der Waals surface area (Å²) in [6.45, 7) is -0.495. The molecule has 0 saturated heterocycles. The molecule has 172 valence electrons. The summed E-state index contributed by atoms with van der Waals surface area (Å²) in [7, 11) is -0.977. The highest BCUT2D eigenvalue weighted by Crippen LogP contribution is 2.25. The Hall–Kier alpha value is -3.56. The van der Waals surface area contributed by atoms with Gasteiger partial charge < -0.3 is 9.47 Å². The van der Waals surface area contributed by atoms with E-state index in [1.807, 2.05) is 0 Å². The number of halogens is 1. The van der Waals surface area contributed by atoms with E-state index in [4.69, 9.17) is 21.1 Å². The van der Waals surface area contributed by atoms with Gasteiger partial charge in [0.15, 0.2) is 0 Å². The Kier molecular flexibility index (Phi) is 7.92. The van der Waals surface area contributed by atoms with Gasteiger partial charge in [-0.3, -0.25) is 9.10 Å². The van der Waals surface area contributed by atoms with E-state index in [9.17, 15) is 13.2 Å². The molecule has 1 amide bonds. The molecule has 3 rings (SSSR count). The first kappa shape index (κ1) is 24.1. The van der Waals surface area contributed by atoms with Gasteiger partial charge in [0.25, 0.3) is 15.9 Å². The lowest BCUT2D eigenvalue weighted by Crippen LogP contribution is -2.39. The van der Waals surface area contributed by atoms with Crippen LogP contribution in [0.4, 0.5) is 5.69 Å². The van der Waals surface area contributed by atoms with Crippen molar-refractivity contribution in [3.8, 4) is 11.5 Å². The van der Waals surface area contributed by atoms with Crippen molar-refractivity contribution in [3.63, 3.8) is 0 Å². The summed E-state index contributed by atoms with van der Waals surface area (Å²) < 4.78 is 37.9. The average Bonchev–Trinajstić information content (AvgIpc) is 2.83. The molecule has 0 heterocycles. The Morgan fingerprint density at radius 3 is 2.36 bits per heavy atom. The molecule has 0 spiro atoms. The molecule has 0 fully saturated rings. The lowest BCUT2D eigenvalue weighted by Gasteiger charge is -2.23. The number of carbonyl (C=O) groups excluding carboxylic acids is 1. The highest BCUT2D eigenvalue weighted by molar-refractivity contribution is 7.92. The number of benzene rings is 3. The summed E-state index contributed by atoms with van der Waals surface area (Å²) in [4.78, 5) is 12.7. The van der Waals surface area contributed by atoms with Crippen LogP contribution in [0.3, 0.4) is 0 Å². The lowest BCUT2D eigenvalue weighted by atomic mass is 10.2. The molecule has 3 aromatic rings. The number of sulfonamides is 1. The summed E-state index contributed by atoms with van der Waals surface area (Å²) in [5.74, 6) is 0.484. The molecule has 33 heavy (non-hydrogen) atoms. The van der Waals surface area contributed by atoms with Gasteiger partial charge in [0.2, 0.25) is 0 Å². The van der Waals surface area contributed by atoms with Crippen molar-refractivity contribution in [3.05, 3.63) is 83.4 Å². The Morgan fingerprint density at radius 1 is 1.03 bits per heavy atom. The van der Waals surface area contributed by atoms with E-state index in [1.54, 1.807) is 48.5 Å². The lowest BCUT2D eigenvalue weighted by molar-refractivity contribution is -0.119. The van der Waals surface area contributed by atoms with Crippen LogP contribution < -0.4 is 19.2 Å². The molecule has 8 nitrogen and oxygen atoms in total. The fourth-order valence-corrected chi connectivity index (χ4v) is 4.49. The number of methoxy groups -OCH3 is 2. The van der Waals surface area contributed by atoms with Crippen molar-refractivity contribution in [2.75, 3.05) is 25.1 Å². The van der Waals surface area contributed by atoms with Crippen molar-refractivity contribution in [1.29, 1.82) is 0 Å². The highest BCUT2D eigenvalue weighted by Gasteiger charge is 2.27. The molecule has 0 aliphatic carbocycles. The van der Waals surface area contributed by atoms with Gasteiger partial charge in [0, 0.05) is 10.6 Å². The van der Waals surface area contributed by atoms with Crippen LogP contribution in [0.15, 0.2) is 82.8 Å². The Labute approximate surface area is 197 Å². The predicted molar refractivity (Wildman–Crippen MR) is 128 cm³/mol. The molecular formula is C23H22ClN3O5S. The second kappa shape index (κ2) is 10.8. The monoisotopic (exact) mass is 487 g/mol. The Balaban J connectivity index is 1.83. The summed E-state index contributed by atoms with van der Waals surface area (Å²) in [5, 5.41) is 4.38. The normalized spacial score (nSPS) is 11.2. The zero-order chi connectivity index (χ0) is 23.8. The number of hydrogen-bond donors (Lipinski definition) is 1. The van der Waals surface area contributed by atoms with E-state index in [0.29, 0.717) is 22.1 Å². The number of hydrogen-bond acceptors (Lipinski definition) is 6. The van der Waals surface area contributed by atoms with Crippen LogP contribution >= 0.6 is 11.6 Å². The fourth-order valence-electron chi connectivity index (χ4n) is 2.92. The molecule has 0 aliphatic heterocycles. The number of ether oxygens (including phenoxy) is 2. The molecular weight excluding hydrogens is 466 g/mol. The van der Waals surface area contributed by atoms with Crippen LogP contribution in [-0.4, -0.2) is 41.3 Å². The van der Waals surface area contributed by atoms with E-state index in [2.05, 4.69) is 10.5 Å². The smallest absolute Gasteiger partial charge is 0.264 e. The van der Waals surface area contributed by atoms with Gasteiger partial charge in [-0.1, -0.05) is 29.8 Å². The van der Waals surface area contributed by atoms with Gasteiger partial charge in [-0.05, 0) is 54.6 Å². The van der Waals surface area contributed by atoms with E-state index < -0.39 is 22.5 Å². The van der Waals surface area contributed by atoms with E-state index in [1.165, 1.54) is 44.7 Å². The third-order valence-electron chi connectivity index (χ3n) is 4.56. The molecule has 1 N–H and O–H groups in total. The number of hydrazone groups is 1. The van der Waals surface area contributed by atoms with Crippen molar-refractivity contribution in [2.45, 2.75) is 4.90 Å². The molecule has 10 heteroatoms. The number of carbonyl (C=O) groups is 1. The van der Waals surface area contributed by atoms with Crippen LogP contribution in [0.25, 0.3) is 0 Å². The Bertz CT molecular complexity index is 1230. The standard InChI is InChI=1S/C23H22ClN3O5S/c1-31-20-12-13-22(32-2)17(14-20)15-25-26-23(28)16-27(19-10-8-18(24)9-11-19)33(29,30)21-6-4-3-5-7-21/h3-15H,16H2,1-2H3,(H,26,28)/b25-15-. The second-order valence-electron chi connectivity index (χ2n) is 6.70. The fraction of sp³-hybridized carbons (Fsp3) is 0.130. The molecule has 0 bridgehead atoms. The molecule has 0 radical (unpaired) electrons. The first-order valence-electron chi connectivity index (χ1n) is 9.72. The number of nitrogens with one attached hydrogen (secondary N) is 1.